The van der Waals surface area contributed by atoms with Gasteiger partial charge in [0.25, 0.3) is 11.8 Å². The lowest BCUT2D eigenvalue weighted by atomic mass is 10.0. The monoisotopic (exact) mass is 526 g/mol. The first-order chi connectivity index (χ1) is 17.1. The van der Waals surface area contributed by atoms with Gasteiger partial charge < -0.3 is 29.8 Å². The first kappa shape index (κ1) is 26.0. The summed E-state index contributed by atoms with van der Waals surface area (Å²) in [4.78, 5) is 59.0. The molecule has 4 N–H and O–H groups in total. The van der Waals surface area contributed by atoms with Crippen LogP contribution in [0, 0.1) is 11.6 Å². The van der Waals surface area contributed by atoms with Gasteiger partial charge in [-0.1, -0.05) is 6.07 Å². The number of carbonyl (C=O) groups is 2. The molecule has 1 aromatic heterocycles. The van der Waals surface area contributed by atoms with E-state index in [1.54, 1.807) is 12.1 Å². The molecule has 0 radical (unpaired) electrons. The van der Waals surface area contributed by atoms with Gasteiger partial charge >= 0.3 is 0 Å². The SMILES string of the molecule is CN1n2cc(C(=O)NCc3ccc(F)cc3F)c(=O)c(O)c2C(=O)N(CCCP(O)O)C12CCOC2. The first-order valence-electron chi connectivity index (χ1n) is 11.1. The molecule has 2 aromatic rings. The summed E-state index contributed by atoms with van der Waals surface area (Å²) in [5.74, 6) is -4.18. The number of likely N-dealkylation sites (N-methyl/N-ethyl adjacent to an activating group) is 1. The molecule has 1 aromatic carbocycles. The molecule has 0 aliphatic carbocycles. The zero-order valence-corrected chi connectivity index (χ0v) is 20.2. The van der Waals surface area contributed by atoms with Crippen LogP contribution in [0.25, 0.3) is 0 Å². The number of hydrogen-bond donors (Lipinski definition) is 4. The normalized spacial score (nSPS) is 19.3. The highest BCUT2D eigenvalue weighted by molar-refractivity contribution is 7.45. The van der Waals surface area contributed by atoms with Crippen LogP contribution in [0.2, 0.25) is 0 Å². The predicted octanol–water partition coefficient (Wildman–Crippen LogP) is 0.589. The molecule has 14 heteroatoms. The summed E-state index contributed by atoms with van der Waals surface area (Å²) < 4.78 is 33.8. The Hall–Kier alpha value is -3.12. The number of halogens is 2. The van der Waals surface area contributed by atoms with Crippen LogP contribution in [0.5, 0.6) is 5.75 Å². The van der Waals surface area contributed by atoms with Crippen LogP contribution in [0.3, 0.4) is 0 Å². The Bertz CT molecular complexity index is 1250. The summed E-state index contributed by atoms with van der Waals surface area (Å²) in [6.07, 6.45) is 1.86. The van der Waals surface area contributed by atoms with Gasteiger partial charge in [-0.25, -0.2) is 8.78 Å². The number of carbonyl (C=O) groups excluding carboxylic acids is 2. The van der Waals surface area contributed by atoms with Gasteiger partial charge in [0.1, 0.15) is 17.2 Å². The van der Waals surface area contributed by atoms with Gasteiger partial charge in [0, 0.05) is 50.5 Å². The van der Waals surface area contributed by atoms with E-state index >= 15 is 0 Å². The minimum atomic E-state index is -2.15. The van der Waals surface area contributed by atoms with Crippen molar-refractivity contribution >= 4 is 20.2 Å². The van der Waals surface area contributed by atoms with Crippen LogP contribution < -0.4 is 15.8 Å². The minimum absolute atomic E-state index is 0.00791. The molecule has 0 saturated carbocycles. The van der Waals surface area contributed by atoms with Crippen molar-refractivity contribution in [2.45, 2.75) is 25.0 Å². The number of amides is 2. The maximum absolute atomic E-state index is 13.9. The van der Waals surface area contributed by atoms with Gasteiger partial charge in [-0.2, -0.15) is 0 Å². The van der Waals surface area contributed by atoms with Gasteiger partial charge in [0.2, 0.25) is 5.43 Å². The van der Waals surface area contributed by atoms with Crippen LogP contribution in [0.4, 0.5) is 8.78 Å². The highest BCUT2D eigenvalue weighted by atomic mass is 31.2. The Balaban J connectivity index is 1.67. The van der Waals surface area contributed by atoms with Crippen molar-refractivity contribution in [2.75, 3.05) is 38.0 Å². The van der Waals surface area contributed by atoms with Crippen molar-refractivity contribution in [1.29, 1.82) is 0 Å². The van der Waals surface area contributed by atoms with Crippen molar-refractivity contribution < 1.29 is 38.0 Å². The summed E-state index contributed by atoms with van der Waals surface area (Å²) in [5, 5.41) is 14.7. The van der Waals surface area contributed by atoms with E-state index < -0.39 is 54.2 Å². The van der Waals surface area contributed by atoms with Crippen LogP contribution in [-0.2, 0) is 11.3 Å². The van der Waals surface area contributed by atoms with Crippen molar-refractivity contribution in [3.63, 3.8) is 0 Å². The fourth-order valence-electron chi connectivity index (χ4n) is 4.51. The highest BCUT2D eigenvalue weighted by Gasteiger charge is 2.52. The van der Waals surface area contributed by atoms with E-state index in [-0.39, 0.29) is 43.5 Å². The lowest BCUT2D eigenvalue weighted by molar-refractivity contribution is 0.0223. The highest BCUT2D eigenvalue weighted by Crippen LogP contribution is 2.36. The third kappa shape index (κ3) is 4.55. The maximum Gasteiger partial charge on any atom is 0.278 e. The summed E-state index contributed by atoms with van der Waals surface area (Å²) in [6.45, 7) is 0.218. The summed E-state index contributed by atoms with van der Waals surface area (Å²) in [6, 6.07) is 2.85. The van der Waals surface area contributed by atoms with Crippen LogP contribution in [0.15, 0.2) is 29.2 Å². The standard InChI is InChI=1S/C22H25F2N4O7P/c1-26-22(5-7-35-12-22)27(6-2-8-36(33)34)21(32)17-19(30)18(29)15(11-28(17)26)20(31)25-10-13-3-4-14(23)9-16(13)24/h3-4,9,11,30,33-34H,2,5-8,10,12H2,1H3,(H,25,31). The number of aromatic nitrogens is 1. The Labute approximate surface area is 205 Å². The van der Waals surface area contributed by atoms with Crippen molar-refractivity contribution in [3.05, 3.63) is 63.1 Å². The second-order valence-electron chi connectivity index (χ2n) is 8.55. The molecule has 194 valence electrons. The Morgan fingerprint density at radius 3 is 2.67 bits per heavy atom. The molecule has 0 bridgehead atoms. The van der Waals surface area contributed by atoms with Crippen LogP contribution >= 0.6 is 8.38 Å². The number of ether oxygens (including phenoxy) is 1. The second kappa shape index (κ2) is 10.1. The third-order valence-electron chi connectivity index (χ3n) is 6.46. The topological polar surface area (TPSA) is 145 Å². The molecule has 2 aliphatic rings. The molecule has 4 rings (SSSR count). The average Bonchev–Trinajstić information content (AvgIpc) is 3.31. The predicted molar refractivity (Wildman–Crippen MR) is 124 cm³/mol. The largest absolute Gasteiger partial charge is 0.502 e. The second-order valence-corrected chi connectivity index (χ2v) is 9.74. The fraction of sp³-hybridized carbons (Fsp3) is 0.409. The van der Waals surface area contributed by atoms with Gasteiger partial charge in [-0.15, -0.1) is 0 Å². The maximum atomic E-state index is 13.9. The Morgan fingerprint density at radius 2 is 2.03 bits per heavy atom. The molecular formula is C22H25F2N4O7P. The molecule has 3 heterocycles. The van der Waals surface area contributed by atoms with Crippen LogP contribution in [-0.4, -0.2) is 74.9 Å². The van der Waals surface area contributed by atoms with E-state index in [1.165, 1.54) is 9.58 Å². The smallest absolute Gasteiger partial charge is 0.278 e. The minimum Gasteiger partial charge on any atom is -0.502 e. The Morgan fingerprint density at radius 1 is 1.28 bits per heavy atom. The van der Waals surface area contributed by atoms with E-state index in [4.69, 9.17) is 4.74 Å². The number of fused-ring (bicyclic) bond motifs is 1. The number of rotatable bonds is 7. The molecule has 36 heavy (non-hydrogen) atoms. The summed E-state index contributed by atoms with van der Waals surface area (Å²) in [5.41, 5.74) is -2.92. The number of nitrogens with zero attached hydrogens (tertiary/aromatic N) is 3. The summed E-state index contributed by atoms with van der Waals surface area (Å²) in [7, 11) is -0.537. The molecular weight excluding hydrogens is 501 g/mol. The lowest BCUT2D eigenvalue weighted by Crippen LogP contribution is -2.70. The van der Waals surface area contributed by atoms with Gasteiger partial charge in [0.05, 0.1) is 13.2 Å². The third-order valence-corrected chi connectivity index (χ3v) is 7.18. The van der Waals surface area contributed by atoms with E-state index in [0.29, 0.717) is 19.1 Å². The molecule has 1 atom stereocenters. The van der Waals surface area contributed by atoms with E-state index in [2.05, 4.69) is 5.32 Å². The van der Waals surface area contributed by atoms with Crippen LogP contribution in [0.1, 0.15) is 39.3 Å². The number of pyridine rings is 1. The van der Waals surface area contributed by atoms with E-state index in [9.17, 15) is 38.1 Å². The molecule has 1 unspecified atom stereocenters. The van der Waals surface area contributed by atoms with E-state index in [1.807, 2.05) is 0 Å². The number of aromatic hydroxyl groups is 1. The van der Waals surface area contributed by atoms with Gasteiger partial charge in [-0.3, -0.25) is 24.1 Å². The first-order valence-corrected chi connectivity index (χ1v) is 12.5. The quantitative estimate of drug-likeness (QED) is 0.384. The summed E-state index contributed by atoms with van der Waals surface area (Å²) >= 11 is 0. The van der Waals surface area contributed by atoms with E-state index in [0.717, 1.165) is 18.3 Å². The van der Waals surface area contributed by atoms with Gasteiger partial charge in [0.15, 0.2) is 25.5 Å². The average molecular weight is 526 g/mol. The molecule has 1 fully saturated rings. The molecule has 2 aliphatic heterocycles. The number of benzene rings is 1. The lowest BCUT2D eigenvalue weighted by Gasteiger charge is -2.51. The molecule has 2 amide bonds. The zero-order chi connectivity index (χ0) is 26.2. The number of hydrogen-bond acceptors (Lipinski definition) is 8. The Kier molecular flexibility index (Phi) is 7.28. The molecule has 1 saturated heterocycles. The zero-order valence-electron chi connectivity index (χ0n) is 19.3. The van der Waals surface area contributed by atoms with Crippen molar-refractivity contribution in [2.24, 2.45) is 0 Å². The van der Waals surface area contributed by atoms with Gasteiger partial charge in [-0.05, 0) is 12.5 Å². The molecule has 11 nitrogen and oxygen atoms in total. The number of nitrogens with one attached hydrogen (secondary N) is 1. The van der Waals surface area contributed by atoms with Crippen molar-refractivity contribution in [1.82, 2.24) is 14.9 Å². The fourth-order valence-corrected chi connectivity index (χ4v) is 4.93. The van der Waals surface area contributed by atoms with Crippen molar-refractivity contribution in [3.8, 4) is 5.75 Å². The molecule has 1 spiro atoms.